The predicted molar refractivity (Wildman–Crippen MR) is 128 cm³/mol. The van der Waals surface area contributed by atoms with E-state index in [-0.39, 0.29) is 23.5 Å². The largest absolute Gasteiger partial charge is 0.469 e. The van der Waals surface area contributed by atoms with Crippen molar-refractivity contribution in [1.82, 2.24) is 0 Å². The van der Waals surface area contributed by atoms with Crippen LogP contribution < -0.4 is 10.6 Å². The predicted octanol–water partition coefficient (Wildman–Crippen LogP) is 5.36. The van der Waals surface area contributed by atoms with E-state index < -0.39 is 0 Å². The van der Waals surface area contributed by atoms with Crippen molar-refractivity contribution in [3.05, 3.63) is 65.4 Å². The molecule has 0 saturated heterocycles. The molecular weight excluding hydrogens is 410 g/mol. The second-order valence-electron chi connectivity index (χ2n) is 7.34. The zero-order chi connectivity index (χ0) is 22.4. The van der Waals surface area contributed by atoms with Crippen molar-refractivity contribution in [2.24, 2.45) is 4.99 Å². The molecule has 0 saturated carbocycles. The van der Waals surface area contributed by atoms with Gasteiger partial charge in [0, 0.05) is 11.4 Å². The Morgan fingerprint density at radius 3 is 2.71 bits per heavy atom. The molecule has 0 aromatic heterocycles. The third-order valence-corrected chi connectivity index (χ3v) is 6.15. The summed E-state index contributed by atoms with van der Waals surface area (Å²) in [6.45, 7) is 5.95. The Morgan fingerprint density at radius 2 is 1.97 bits per heavy atom. The average molecular weight is 438 g/mol. The Hall–Kier alpha value is -3.06. The number of ether oxygens (including phenoxy) is 1. The number of hydrogen-bond donors (Lipinski definition) is 2. The maximum Gasteiger partial charge on any atom is 0.311 e. The Morgan fingerprint density at radius 1 is 1.19 bits per heavy atom. The Balaban J connectivity index is 1.84. The van der Waals surface area contributed by atoms with E-state index in [2.05, 4.69) is 10.6 Å². The molecule has 1 atom stereocenters. The monoisotopic (exact) mass is 437 g/mol. The smallest absolute Gasteiger partial charge is 0.311 e. The molecule has 0 radical (unpaired) electrons. The van der Waals surface area contributed by atoms with Crippen LogP contribution in [0.2, 0.25) is 0 Å². The summed E-state index contributed by atoms with van der Waals surface area (Å²) in [4.78, 5) is 29.6. The van der Waals surface area contributed by atoms with Crippen LogP contribution in [-0.2, 0) is 14.3 Å². The van der Waals surface area contributed by atoms with Gasteiger partial charge in [0.1, 0.15) is 0 Å². The number of carbonyl (C=O) groups is 2. The number of esters is 1. The van der Waals surface area contributed by atoms with Gasteiger partial charge in [0.15, 0.2) is 0 Å². The first kappa shape index (κ1) is 22.6. The van der Waals surface area contributed by atoms with Crippen LogP contribution in [0.4, 0.5) is 17.1 Å². The fraction of sp³-hybridized carbons (Fsp3) is 0.292. The molecule has 1 aliphatic heterocycles. The minimum atomic E-state index is -0.345. The Labute approximate surface area is 187 Å². The van der Waals surface area contributed by atoms with E-state index >= 15 is 0 Å². The number of amides is 1. The normalized spacial score (nSPS) is 13.7. The molecular formula is C24H27N3O3S. The molecule has 1 amide bonds. The highest BCUT2D eigenvalue weighted by atomic mass is 32.2. The molecule has 0 bridgehead atoms. The van der Waals surface area contributed by atoms with Crippen molar-refractivity contribution in [3.63, 3.8) is 0 Å². The maximum atomic E-state index is 13.0. The highest BCUT2D eigenvalue weighted by Gasteiger charge is 2.22. The lowest BCUT2D eigenvalue weighted by Crippen LogP contribution is -2.26. The lowest BCUT2D eigenvalue weighted by atomic mass is 10.1. The molecule has 31 heavy (non-hydrogen) atoms. The number of benzene rings is 2. The summed E-state index contributed by atoms with van der Waals surface area (Å²) in [7, 11) is 1.36. The van der Waals surface area contributed by atoms with E-state index in [0.717, 1.165) is 28.2 Å². The summed E-state index contributed by atoms with van der Waals surface area (Å²) in [6, 6.07) is 13.6. The van der Waals surface area contributed by atoms with Gasteiger partial charge in [-0.3, -0.25) is 9.59 Å². The van der Waals surface area contributed by atoms with Gasteiger partial charge >= 0.3 is 5.97 Å². The molecule has 0 spiro atoms. The molecule has 3 rings (SSSR count). The summed E-state index contributed by atoms with van der Waals surface area (Å²) in [5.74, 6) is -0.417. The van der Waals surface area contributed by atoms with E-state index in [4.69, 9.17) is 9.73 Å². The number of para-hydroxylation sites is 2. The second kappa shape index (κ2) is 10.3. The summed E-state index contributed by atoms with van der Waals surface area (Å²) in [6.07, 6.45) is 2.54. The maximum absolute atomic E-state index is 13.0. The zero-order valence-electron chi connectivity index (χ0n) is 18.2. The van der Waals surface area contributed by atoms with Crippen LogP contribution in [0.25, 0.3) is 0 Å². The highest BCUT2D eigenvalue weighted by Crippen LogP contribution is 2.32. The van der Waals surface area contributed by atoms with Crippen molar-refractivity contribution in [1.29, 1.82) is 0 Å². The van der Waals surface area contributed by atoms with Crippen molar-refractivity contribution in [2.45, 2.75) is 38.9 Å². The average Bonchev–Trinajstić information content (AvgIpc) is 2.92. The number of nitrogens with zero attached hydrogens (tertiary/aromatic N) is 1. The van der Waals surface area contributed by atoms with Crippen LogP contribution in [0.5, 0.6) is 0 Å². The minimum Gasteiger partial charge on any atom is -0.469 e. The first-order chi connectivity index (χ1) is 14.9. The minimum absolute atomic E-state index is 0.0719. The number of fused-ring (bicyclic) bond motifs is 1. The molecule has 0 aliphatic carbocycles. The first-order valence-electron chi connectivity index (χ1n) is 10.2. The summed E-state index contributed by atoms with van der Waals surface area (Å²) in [5, 5.41) is 6.65. The van der Waals surface area contributed by atoms with E-state index in [1.54, 1.807) is 0 Å². The van der Waals surface area contributed by atoms with Crippen molar-refractivity contribution in [2.75, 3.05) is 17.7 Å². The Kier molecular flexibility index (Phi) is 7.52. The number of carbonyl (C=O) groups excluding carboxylic acids is 2. The first-order valence-corrected chi connectivity index (χ1v) is 11.0. The standard InChI is InChI=1S/C24H27N3O3S/c1-5-21(24(29)27-20-12-15(2)10-11-16(20)3)31-22-13-17(14-23(28)30-4)25-18-8-6-7-9-19(18)26-22/h6-13,21,25H,5,14H2,1-4H3,(H,27,29)/t21-/m1/s1. The number of hydrogen-bond acceptors (Lipinski definition) is 6. The molecule has 1 aliphatic rings. The second-order valence-corrected chi connectivity index (χ2v) is 8.56. The number of methoxy groups -OCH3 is 1. The van der Waals surface area contributed by atoms with Crippen molar-refractivity contribution in [3.8, 4) is 0 Å². The number of nitrogens with one attached hydrogen (secondary N) is 2. The number of anilines is 2. The van der Waals surface area contributed by atoms with Gasteiger partial charge < -0.3 is 15.4 Å². The van der Waals surface area contributed by atoms with E-state index in [1.165, 1.54) is 18.9 Å². The van der Waals surface area contributed by atoms with Gasteiger partial charge in [-0.25, -0.2) is 4.99 Å². The molecule has 1 heterocycles. The molecule has 162 valence electrons. The lowest BCUT2D eigenvalue weighted by molar-refractivity contribution is -0.139. The van der Waals surface area contributed by atoms with Crippen LogP contribution >= 0.6 is 11.8 Å². The quantitative estimate of drug-likeness (QED) is 0.595. The third kappa shape index (κ3) is 5.98. The van der Waals surface area contributed by atoms with Gasteiger partial charge in [0.2, 0.25) is 5.91 Å². The molecule has 6 nitrogen and oxygen atoms in total. The fourth-order valence-electron chi connectivity index (χ4n) is 3.12. The molecule has 7 heteroatoms. The van der Waals surface area contributed by atoms with Crippen LogP contribution in [-0.4, -0.2) is 29.3 Å². The number of aliphatic imine (C=N–C) groups is 1. The van der Waals surface area contributed by atoms with Crippen molar-refractivity contribution >= 4 is 45.7 Å². The van der Waals surface area contributed by atoms with Crippen LogP contribution in [0, 0.1) is 13.8 Å². The highest BCUT2D eigenvalue weighted by molar-refractivity contribution is 8.15. The molecule has 2 aromatic rings. The molecule has 2 aromatic carbocycles. The lowest BCUT2D eigenvalue weighted by Gasteiger charge is -2.16. The number of rotatable bonds is 6. The zero-order valence-corrected chi connectivity index (χ0v) is 19.0. The molecule has 0 fully saturated rings. The van der Waals surface area contributed by atoms with Gasteiger partial charge in [-0.1, -0.05) is 43.0 Å². The third-order valence-electron chi connectivity index (χ3n) is 4.87. The number of thioether (sulfide) groups is 1. The summed E-state index contributed by atoms with van der Waals surface area (Å²) in [5.41, 5.74) is 5.16. The van der Waals surface area contributed by atoms with Crippen LogP contribution in [0.1, 0.15) is 30.9 Å². The summed E-state index contributed by atoms with van der Waals surface area (Å²) < 4.78 is 4.81. The topological polar surface area (TPSA) is 79.8 Å². The van der Waals surface area contributed by atoms with Gasteiger partial charge in [-0.2, -0.15) is 0 Å². The van der Waals surface area contributed by atoms with Gasteiger partial charge in [-0.15, -0.1) is 0 Å². The fourth-order valence-corrected chi connectivity index (χ4v) is 4.11. The molecule has 0 unspecified atom stereocenters. The van der Waals surface area contributed by atoms with Gasteiger partial charge in [0.05, 0.1) is 35.2 Å². The number of aryl methyl sites for hydroxylation is 2. The van der Waals surface area contributed by atoms with E-state index in [0.29, 0.717) is 17.2 Å². The van der Waals surface area contributed by atoms with Crippen LogP contribution in [0.3, 0.4) is 0 Å². The van der Waals surface area contributed by atoms with Crippen molar-refractivity contribution < 1.29 is 14.3 Å². The van der Waals surface area contributed by atoms with E-state index in [1.807, 2.05) is 69.3 Å². The van der Waals surface area contributed by atoms with E-state index in [9.17, 15) is 9.59 Å². The van der Waals surface area contributed by atoms with Crippen LogP contribution in [0.15, 0.2) is 59.2 Å². The van der Waals surface area contributed by atoms with Gasteiger partial charge in [-0.05, 0) is 55.7 Å². The SMILES string of the molecule is CC[C@@H](SC1=Nc2ccccc2NC(CC(=O)OC)=C1)C(=O)Nc1cc(C)ccc1C. The Bertz CT molecular complexity index is 1050. The summed E-state index contributed by atoms with van der Waals surface area (Å²) >= 11 is 1.39. The van der Waals surface area contributed by atoms with Gasteiger partial charge in [0.25, 0.3) is 0 Å². The molecule has 2 N–H and O–H groups in total.